The Morgan fingerprint density at radius 1 is 1.18 bits per heavy atom. The maximum Gasteiger partial charge on any atom is 0.275 e. The number of rotatable bonds is 7. The first-order valence-corrected chi connectivity index (χ1v) is 6.94. The van der Waals surface area contributed by atoms with Crippen LogP contribution in [0.1, 0.15) is 18.2 Å². The molecule has 0 aliphatic rings. The van der Waals surface area contributed by atoms with Crippen LogP contribution in [0.4, 0.5) is 5.69 Å². The van der Waals surface area contributed by atoms with E-state index in [1.54, 1.807) is 19.1 Å². The Labute approximate surface area is 128 Å². The van der Waals surface area contributed by atoms with Crippen molar-refractivity contribution >= 4 is 11.5 Å². The van der Waals surface area contributed by atoms with Crippen LogP contribution in [-0.4, -0.2) is 10.4 Å². The number of nitrogens with one attached hydrogen (secondary N) is 2. The average Bonchev–Trinajstić information content (AvgIpc) is 2.50. The maximum absolute atomic E-state index is 12.2. The lowest BCUT2D eigenvalue weighted by Crippen LogP contribution is -2.31. The first-order chi connectivity index (χ1) is 10.6. The van der Waals surface area contributed by atoms with E-state index in [2.05, 4.69) is 11.0 Å². The van der Waals surface area contributed by atoms with Crippen molar-refractivity contribution in [1.29, 1.82) is 0 Å². The molecule has 0 spiro atoms. The molecule has 22 heavy (non-hydrogen) atoms. The highest BCUT2D eigenvalue weighted by Crippen LogP contribution is 2.03. The quantitative estimate of drug-likeness (QED) is 0.602. The van der Waals surface area contributed by atoms with Gasteiger partial charge in [-0.3, -0.25) is 19.9 Å². The number of anilines is 1. The van der Waals surface area contributed by atoms with E-state index in [9.17, 15) is 9.59 Å². The number of hydrogen-bond acceptors (Lipinski definition) is 5. The molecule has 0 fully saturated rings. The summed E-state index contributed by atoms with van der Waals surface area (Å²) >= 11 is 0. The van der Waals surface area contributed by atoms with Gasteiger partial charge in [0.1, 0.15) is 11.5 Å². The lowest BCUT2D eigenvalue weighted by Gasteiger charge is -2.12. The highest BCUT2D eigenvalue weighted by Gasteiger charge is 2.07. The van der Waals surface area contributed by atoms with Crippen LogP contribution < -0.4 is 16.6 Å². The summed E-state index contributed by atoms with van der Waals surface area (Å²) in [6.07, 6.45) is 0. The van der Waals surface area contributed by atoms with Gasteiger partial charge in [-0.15, -0.1) is 5.59 Å². The van der Waals surface area contributed by atoms with Crippen molar-refractivity contribution in [3.05, 3.63) is 64.1 Å². The van der Waals surface area contributed by atoms with Gasteiger partial charge in [-0.2, -0.15) is 0 Å². The number of nitrogens with zero attached hydrogens (tertiary/aromatic N) is 1. The van der Waals surface area contributed by atoms with Gasteiger partial charge in [0.05, 0.1) is 13.2 Å². The van der Waals surface area contributed by atoms with E-state index >= 15 is 0 Å². The van der Waals surface area contributed by atoms with Crippen LogP contribution in [0.5, 0.6) is 0 Å². The molecule has 0 saturated carbocycles. The number of benzene rings is 1. The fourth-order valence-electron chi connectivity index (χ4n) is 1.97. The van der Waals surface area contributed by atoms with E-state index in [1.165, 1.54) is 11.5 Å². The number of Topliss-reactive ketones (excluding diaryl/α,β-unsaturated/α-hetero) is 1. The Balaban J connectivity index is 1.95. The minimum absolute atomic E-state index is 0.0606. The van der Waals surface area contributed by atoms with Crippen molar-refractivity contribution in [2.24, 2.45) is 0 Å². The molecule has 6 nitrogen and oxygen atoms in total. The van der Waals surface area contributed by atoms with Gasteiger partial charge in [0, 0.05) is 5.69 Å². The smallest absolute Gasteiger partial charge is 0.275 e. The molecule has 0 aliphatic heterocycles. The second-order valence-corrected chi connectivity index (χ2v) is 4.98. The Hall–Kier alpha value is -2.44. The second kappa shape index (κ2) is 7.53. The molecule has 0 amide bonds. The third kappa shape index (κ3) is 4.28. The molecule has 116 valence electrons. The first-order valence-electron chi connectivity index (χ1n) is 6.94. The molecule has 1 aromatic carbocycles. The molecule has 1 aromatic heterocycles. The molecular formula is C16H19N3O3. The van der Waals surface area contributed by atoms with Crippen molar-refractivity contribution in [3.63, 3.8) is 0 Å². The van der Waals surface area contributed by atoms with Gasteiger partial charge in [-0.05, 0) is 31.5 Å². The highest BCUT2D eigenvalue weighted by atomic mass is 16.7. The van der Waals surface area contributed by atoms with Crippen LogP contribution in [-0.2, 0) is 22.8 Å². The predicted molar refractivity (Wildman–Crippen MR) is 84.1 cm³/mol. The Bertz CT molecular complexity index is 696. The molecule has 2 N–H and O–H groups in total. The molecule has 0 aliphatic carbocycles. The van der Waals surface area contributed by atoms with Gasteiger partial charge in [-0.25, -0.2) is 0 Å². The predicted octanol–water partition coefficient (Wildman–Crippen LogP) is 1.79. The molecule has 0 bridgehead atoms. The number of carbonyl (C=O) groups is 1. The molecule has 2 rings (SSSR count). The topological polar surface area (TPSA) is 72.4 Å². The van der Waals surface area contributed by atoms with E-state index in [1.807, 2.05) is 30.3 Å². The SMILES string of the molecule is CC(=O)Cn1c(C)ccc(NNOCc2ccccc2)c1=O. The average molecular weight is 301 g/mol. The lowest BCUT2D eigenvalue weighted by molar-refractivity contribution is -0.117. The summed E-state index contributed by atoms with van der Waals surface area (Å²) in [5.41, 5.74) is 7.04. The van der Waals surface area contributed by atoms with Crippen LogP contribution in [0.3, 0.4) is 0 Å². The van der Waals surface area contributed by atoms with Crippen LogP contribution in [0.25, 0.3) is 0 Å². The minimum atomic E-state index is -0.272. The number of hydrogen-bond donors (Lipinski definition) is 2. The molecule has 2 aromatic rings. The van der Waals surface area contributed by atoms with Gasteiger partial charge >= 0.3 is 0 Å². The standard InChI is InChI=1S/C16H19N3O3/c1-12-8-9-15(16(21)19(12)10-13(2)20)17-18-22-11-14-6-4-3-5-7-14/h3-9,17-18H,10-11H2,1-2H3. The molecular weight excluding hydrogens is 282 g/mol. The summed E-state index contributed by atoms with van der Waals surface area (Å²) in [6, 6.07) is 13.1. The van der Waals surface area contributed by atoms with Crippen molar-refractivity contribution in [3.8, 4) is 0 Å². The number of hydrazine groups is 1. The largest absolute Gasteiger partial charge is 0.304 e. The van der Waals surface area contributed by atoms with Gasteiger partial charge in [0.2, 0.25) is 0 Å². The first kappa shape index (κ1) is 15.9. The van der Waals surface area contributed by atoms with Crippen LogP contribution in [0.15, 0.2) is 47.3 Å². The number of aryl methyl sites for hydroxylation is 1. The van der Waals surface area contributed by atoms with Crippen molar-refractivity contribution < 1.29 is 9.63 Å². The van der Waals surface area contributed by atoms with E-state index in [-0.39, 0.29) is 17.9 Å². The Morgan fingerprint density at radius 3 is 2.59 bits per heavy atom. The summed E-state index contributed by atoms with van der Waals surface area (Å²) in [5, 5.41) is 0. The van der Waals surface area contributed by atoms with E-state index in [0.29, 0.717) is 12.3 Å². The monoisotopic (exact) mass is 301 g/mol. The molecule has 6 heteroatoms. The zero-order chi connectivity index (χ0) is 15.9. The fraction of sp³-hybridized carbons (Fsp3) is 0.250. The van der Waals surface area contributed by atoms with Gasteiger partial charge in [-0.1, -0.05) is 30.3 Å². The molecule has 1 heterocycles. The lowest BCUT2D eigenvalue weighted by atomic mass is 10.2. The number of aromatic nitrogens is 1. The van der Waals surface area contributed by atoms with Crippen LogP contribution >= 0.6 is 0 Å². The third-order valence-electron chi connectivity index (χ3n) is 3.11. The molecule has 0 saturated heterocycles. The Morgan fingerprint density at radius 2 is 1.91 bits per heavy atom. The highest BCUT2D eigenvalue weighted by molar-refractivity contribution is 5.75. The van der Waals surface area contributed by atoms with E-state index in [4.69, 9.17) is 4.84 Å². The van der Waals surface area contributed by atoms with Gasteiger partial charge in [0.25, 0.3) is 5.56 Å². The summed E-state index contributed by atoms with van der Waals surface area (Å²) < 4.78 is 1.42. The fourth-order valence-corrected chi connectivity index (χ4v) is 1.97. The summed E-state index contributed by atoms with van der Waals surface area (Å²) in [6.45, 7) is 3.66. The van der Waals surface area contributed by atoms with Crippen LogP contribution in [0.2, 0.25) is 0 Å². The number of carbonyl (C=O) groups excluding carboxylic acids is 1. The summed E-state index contributed by atoms with van der Waals surface area (Å²) in [5.74, 6) is -0.0735. The molecule has 0 atom stereocenters. The third-order valence-corrected chi connectivity index (χ3v) is 3.11. The molecule has 0 unspecified atom stereocenters. The summed E-state index contributed by atoms with van der Waals surface area (Å²) in [7, 11) is 0. The van der Waals surface area contributed by atoms with E-state index < -0.39 is 0 Å². The van der Waals surface area contributed by atoms with Gasteiger partial charge < -0.3 is 4.57 Å². The number of ketones is 1. The van der Waals surface area contributed by atoms with Crippen molar-refractivity contribution in [2.45, 2.75) is 27.0 Å². The number of pyridine rings is 1. The van der Waals surface area contributed by atoms with Crippen molar-refractivity contribution in [2.75, 3.05) is 5.43 Å². The van der Waals surface area contributed by atoms with Gasteiger partial charge in [0.15, 0.2) is 0 Å². The normalized spacial score (nSPS) is 10.5. The minimum Gasteiger partial charge on any atom is -0.304 e. The Kier molecular flexibility index (Phi) is 5.46. The molecule has 0 radical (unpaired) electrons. The van der Waals surface area contributed by atoms with Crippen LogP contribution in [0, 0.1) is 6.92 Å². The zero-order valence-corrected chi connectivity index (χ0v) is 12.6. The summed E-state index contributed by atoms with van der Waals surface area (Å²) in [4.78, 5) is 28.7. The van der Waals surface area contributed by atoms with E-state index in [0.717, 1.165) is 11.3 Å². The zero-order valence-electron chi connectivity index (χ0n) is 12.6. The van der Waals surface area contributed by atoms with Crippen molar-refractivity contribution in [1.82, 2.24) is 10.2 Å². The maximum atomic E-state index is 12.2. The second-order valence-electron chi connectivity index (χ2n) is 4.98.